The summed E-state index contributed by atoms with van der Waals surface area (Å²) in [4.78, 5) is 14.1. The number of carbonyl (C=O) groups excluding carboxylic acids is 1. The molecule has 1 amide bonds. The number of likely N-dealkylation sites (N-methyl/N-ethyl adjacent to an activating group) is 1. The molecule has 1 aromatic carbocycles. The highest BCUT2D eigenvalue weighted by atomic mass is 32.2. The van der Waals surface area contributed by atoms with Crippen molar-refractivity contribution in [3.63, 3.8) is 0 Å². The number of hydrogen-bond donors (Lipinski definition) is 0. The van der Waals surface area contributed by atoms with Gasteiger partial charge in [0.05, 0.1) is 6.26 Å². The molecule has 1 aromatic rings. The second-order valence-electron chi connectivity index (χ2n) is 5.02. The van der Waals surface area contributed by atoms with Crippen LogP contribution in [0.4, 0.5) is 5.69 Å². The zero-order chi connectivity index (χ0) is 14.9. The summed E-state index contributed by atoms with van der Waals surface area (Å²) in [7, 11) is 3.70. The molecular formula is C13H17BN2O3S. The largest absolute Gasteiger partial charge is 0.311 e. The molecule has 1 unspecified atom stereocenters. The van der Waals surface area contributed by atoms with E-state index in [0.29, 0.717) is 18.4 Å². The van der Waals surface area contributed by atoms with E-state index in [1.165, 1.54) is 7.05 Å². The van der Waals surface area contributed by atoms with Gasteiger partial charge < -0.3 is 4.90 Å². The van der Waals surface area contributed by atoms with Gasteiger partial charge in [-0.25, -0.2) is 8.42 Å². The van der Waals surface area contributed by atoms with Crippen LogP contribution >= 0.6 is 0 Å². The van der Waals surface area contributed by atoms with E-state index in [-0.39, 0.29) is 5.91 Å². The zero-order valence-electron chi connectivity index (χ0n) is 11.6. The highest BCUT2D eigenvalue weighted by Crippen LogP contribution is 2.23. The molecule has 1 saturated heterocycles. The van der Waals surface area contributed by atoms with Gasteiger partial charge in [0.25, 0.3) is 0 Å². The van der Waals surface area contributed by atoms with Gasteiger partial charge in [-0.1, -0.05) is 17.6 Å². The maximum Gasteiger partial charge on any atom is 0.245 e. The van der Waals surface area contributed by atoms with E-state index in [4.69, 9.17) is 7.85 Å². The van der Waals surface area contributed by atoms with Gasteiger partial charge in [-0.2, -0.15) is 4.31 Å². The van der Waals surface area contributed by atoms with Crippen LogP contribution in [-0.2, 0) is 14.8 Å². The molecule has 20 heavy (non-hydrogen) atoms. The van der Waals surface area contributed by atoms with Crippen molar-refractivity contribution in [3.05, 3.63) is 24.3 Å². The Hall–Kier alpha value is -1.34. The number of piperidine rings is 1. The average Bonchev–Trinajstić information content (AvgIpc) is 2.38. The summed E-state index contributed by atoms with van der Waals surface area (Å²) in [5.74, 6) is -0.186. The molecule has 2 radical (unpaired) electrons. The predicted octanol–water partition coefficient (Wildman–Crippen LogP) is -0.133. The molecule has 1 atom stereocenters. The highest BCUT2D eigenvalue weighted by Gasteiger charge is 2.35. The Balaban J connectivity index is 2.25. The molecule has 0 bridgehead atoms. The number of carbonyl (C=O) groups is 1. The van der Waals surface area contributed by atoms with Crippen molar-refractivity contribution in [3.8, 4) is 0 Å². The van der Waals surface area contributed by atoms with Gasteiger partial charge in [0, 0.05) is 19.3 Å². The quantitative estimate of drug-likeness (QED) is 0.729. The summed E-state index contributed by atoms with van der Waals surface area (Å²) in [5.41, 5.74) is 1.37. The zero-order valence-corrected chi connectivity index (χ0v) is 12.4. The molecule has 106 valence electrons. The Morgan fingerprint density at radius 2 is 1.90 bits per heavy atom. The lowest BCUT2D eigenvalue weighted by atomic mass is 9.96. The lowest BCUT2D eigenvalue weighted by Gasteiger charge is -2.35. The molecule has 1 heterocycles. The van der Waals surface area contributed by atoms with Crippen molar-refractivity contribution >= 4 is 34.9 Å². The van der Waals surface area contributed by atoms with E-state index >= 15 is 0 Å². The Labute approximate surface area is 121 Å². The van der Waals surface area contributed by atoms with E-state index in [2.05, 4.69) is 0 Å². The molecule has 1 aliphatic heterocycles. The Kier molecular flexibility index (Phi) is 4.20. The minimum atomic E-state index is -3.38. The third-order valence-electron chi connectivity index (χ3n) is 3.58. The molecule has 5 nitrogen and oxygen atoms in total. The fourth-order valence-electron chi connectivity index (χ4n) is 2.34. The summed E-state index contributed by atoms with van der Waals surface area (Å²) in [6.07, 6.45) is 2.43. The predicted molar refractivity (Wildman–Crippen MR) is 79.8 cm³/mol. The maximum absolute atomic E-state index is 12.5. The topological polar surface area (TPSA) is 57.7 Å². The number of anilines is 1. The van der Waals surface area contributed by atoms with Crippen LogP contribution in [0.15, 0.2) is 24.3 Å². The number of nitrogens with zero attached hydrogens (tertiary/aromatic N) is 2. The van der Waals surface area contributed by atoms with E-state index in [9.17, 15) is 13.2 Å². The molecular weight excluding hydrogens is 275 g/mol. The van der Waals surface area contributed by atoms with Crippen LogP contribution in [-0.4, -0.2) is 52.4 Å². The fraction of sp³-hybridized carbons (Fsp3) is 0.462. The second kappa shape index (κ2) is 5.57. The van der Waals surface area contributed by atoms with Gasteiger partial charge in [-0.15, -0.1) is 0 Å². The molecule has 1 aliphatic rings. The highest BCUT2D eigenvalue weighted by molar-refractivity contribution is 7.88. The van der Waals surface area contributed by atoms with Crippen LogP contribution in [0.5, 0.6) is 0 Å². The molecule has 2 rings (SSSR count). The first kappa shape index (κ1) is 15.1. The monoisotopic (exact) mass is 292 g/mol. The molecule has 0 aromatic heterocycles. The van der Waals surface area contributed by atoms with Crippen molar-refractivity contribution in [2.75, 3.05) is 24.7 Å². The van der Waals surface area contributed by atoms with Crippen molar-refractivity contribution in [1.29, 1.82) is 0 Å². The van der Waals surface area contributed by atoms with Crippen LogP contribution in [0.25, 0.3) is 0 Å². The molecule has 7 heteroatoms. The fourth-order valence-corrected chi connectivity index (χ4v) is 2.99. The summed E-state index contributed by atoms with van der Waals surface area (Å²) >= 11 is 0. The van der Waals surface area contributed by atoms with Crippen LogP contribution < -0.4 is 10.4 Å². The van der Waals surface area contributed by atoms with E-state index in [1.54, 1.807) is 29.2 Å². The standard InChI is InChI=1S/C13H17BN2O3S/c1-15(20(2,18)19)12-4-3-9-16(13(12)17)11-7-5-10(14)6-8-11/h5-8,12H,3-4,9H2,1-2H3. The summed E-state index contributed by atoms with van der Waals surface area (Å²) in [6.45, 7) is 0.594. The van der Waals surface area contributed by atoms with E-state index in [0.717, 1.165) is 22.7 Å². The maximum atomic E-state index is 12.5. The minimum absolute atomic E-state index is 0.186. The average molecular weight is 292 g/mol. The van der Waals surface area contributed by atoms with Gasteiger partial charge in [0.15, 0.2) is 0 Å². The molecule has 0 saturated carbocycles. The van der Waals surface area contributed by atoms with Crippen molar-refractivity contribution in [1.82, 2.24) is 4.31 Å². The van der Waals surface area contributed by atoms with Gasteiger partial charge in [0.2, 0.25) is 15.9 Å². The van der Waals surface area contributed by atoms with E-state index in [1.807, 2.05) is 0 Å². The van der Waals surface area contributed by atoms with Gasteiger partial charge in [0.1, 0.15) is 13.9 Å². The van der Waals surface area contributed by atoms with Crippen LogP contribution in [0.2, 0.25) is 0 Å². The first-order chi connectivity index (χ1) is 9.30. The second-order valence-corrected chi connectivity index (χ2v) is 7.06. The first-order valence-electron chi connectivity index (χ1n) is 6.40. The SMILES string of the molecule is [B]c1ccc(N2CCCC(N(C)S(C)(=O)=O)C2=O)cc1. The van der Waals surface area contributed by atoms with Gasteiger partial charge >= 0.3 is 0 Å². The number of rotatable bonds is 3. The Morgan fingerprint density at radius 3 is 2.45 bits per heavy atom. The molecule has 0 aliphatic carbocycles. The van der Waals surface area contributed by atoms with E-state index < -0.39 is 16.1 Å². The van der Waals surface area contributed by atoms with Crippen LogP contribution in [0.1, 0.15) is 12.8 Å². The number of amides is 1. The summed E-state index contributed by atoms with van der Waals surface area (Å²) in [5, 5.41) is 0. The molecule has 0 spiro atoms. The normalized spacial score (nSPS) is 20.4. The van der Waals surface area contributed by atoms with Crippen molar-refractivity contribution in [2.45, 2.75) is 18.9 Å². The van der Waals surface area contributed by atoms with Crippen molar-refractivity contribution in [2.24, 2.45) is 0 Å². The Morgan fingerprint density at radius 1 is 1.30 bits per heavy atom. The Bertz CT molecular complexity index is 601. The van der Waals surface area contributed by atoms with Crippen LogP contribution in [0, 0.1) is 0 Å². The third-order valence-corrected chi connectivity index (χ3v) is 4.88. The third kappa shape index (κ3) is 3.04. The first-order valence-corrected chi connectivity index (χ1v) is 8.25. The van der Waals surface area contributed by atoms with Crippen LogP contribution in [0.3, 0.4) is 0 Å². The lowest BCUT2D eigenvalue weighted by molar-refractivity contribution is -0.123. The van der Waals surface area contributed by atoms with Crippen molar-refractivity contribution < 1.29 is 13.2 Å². The molecule has 1 fully saturated rings. The number of hydrogen-bond acceptors (Lipinski definition) is 3. The minimum Gasteiger partial charge on any atom is -0.311 e. The summed E-state index contributed by atoms with van der Waals surface area (Å²) in [6, 6.07) is 6.38. The smallest absolute Gasteiger partial charge is 0.245 e. The summed E-state index contributed by atoms with van der Waals surface area (Å²) < 4.78 is 24.4. The lowest BCUT2D eigenvalue weighted by Crippen LogP contribution is -2.52. The number of benzene rings is 1. The van der Waals surface area contributed by atoms with Gasteiger partial charge in [-0.05, 0) is 25.0 Å². The molecule has 0 N–H and O–H groups in total. The number of sulfonamides is 1. The van der Waals surface area contributed by atoms with Gasteiger partial charge in [-0.3, -0.25) is 4.79 Å².